The highest BCUT2D eigenvalue weighted by atomic mass is 35.5. The highest BCUT2D eigenvalue weighted by molar-refractivity contribution is 6.41. The summed E-state index contributed by atoms with van der Waals surface area (Å²) in [6.45, 7) is -0.460. The second-order valence-corrected chi connectivity index (χ2v) is 19.2. The summed E-state index contributed by atoms with van der Waals surface area (Å²) in [5.41, 5.74) is -1.97. The quantitative estimate of drug-likeness (QED) is 0.108. The van der Waals surface area contributed by atoms with Gasteiger partial charge in [-0.25, -0.2) is 23.5 Å². The molecule has 0 aliphatic carbocycles. The maximum Gasteiger partial charge on any atom is 0.328 e. The van der Waals surface area contributed by atoms with Gasteiger partial charge in [-0.15, -0.1) is 0 Å². The van der Waals surface area contributed by atoms with Crippen molar-refractivity contribution in [1.29, 1.82) is 0 Å². The number of nitrogens with one attached hydrogen (secondary N) is 2. The summed E-state index contributed by atoms with van der Waals surface area (Å²) in [6, 6.07) is 29.9. The van der Waals surface area contributed by atoms with E-state index >= 15 is 0 Å². The third-order valence-corrected chi connectivity index (χ3v) is 13.2. The fraction of sp³-hybridized carbons (Fsp3) is 0.143. The average Bonchev–Trinajstić information content (AvgIpc) is 2.09. The van der Waals surface area contributed by atoms with Crippen LogP contribution in [0.4, 0.5) is 8.78 Å². The highest BCUT2D eigenvalue weighted by Gasteiger charge is 2.20. The summed E-state index contributed by atoms with van der Waals surface area (Å²) in [4.78, 5) is 90.2. The molecule has 0 bridgehead atoms. The molecular weight excluding hydrogens is 1270 g/mol. The predicted molar refractivity (Wildman–Crippen MR) is 316 cm³/mol. The fourth-order valence-electron chi connectivity index (χ4n) is 7.89. The number of hydrogen-bond acceptors (Lipinski definition) is 24. The van der Waals surface area contributed by atoms with E-state index in [-0.39, 0.29) is 82.0 Å². The van der Waals surface area contributed by atoms with Crippen LogP contribution in [-0.2, 0) is 26.2 Å². The third kappa shape index (κ3) is 15.6. The SMILES string of the molecule is COc1ccccc1-c1noc(Cn2c(=O)[nH]cc(F)c2=O)n1.COc1ccccc1-c1noc(Cn2cc(F)c(=O)[nH]c2=O)n1.COc1ccccc1-c1noc(Cn2ncc(Cl)c(Cl)c2=O)n1.COc1ccccc1-c1noc(Cn2ncc(Cl)cc2=O)n1. The highest BCUT2D eigenvalue weighted by Crippen LogP contribution is 2.30. The van der Waals surface area contributed by atoms with Crippen LogP contribution < -0.4 is 52.6 Å². The van der Waals surface area contributed by atoms with Gasteiger partial charge < -0.3 is 42.0 Å². The molecule has 4 aromatic carbocycles. The van der Waals surface area contributed by atoms with E-state index in [4.69, 9.17) is 71.8 Å². The Balaban J connectivity index is 0.000000144. The number of methoxy groups -OCH3 is 4. The first-order chi connectivity index (χ1) is 43.9. The Kier molecular flexibility index (Phi) is 20.7. The second-order valence-electron chi connectivity index (χ2n) is 18.0. The molecule has 0 unspecified atom stereocenters. The van der Waals surface area contributed by atoms with Crippen molar-refractivity contribution in [2.24, 2.45) is 0 Å². The standard InChI is InChI=1S/C14H10Cl2N4O3.C14H11ClN4O3.2C14H11FN4O4/c1-22-10-5-3-2-4-8(10)13-18-11(23-19-13)7-20-14(21)12(16)9(15)6-17-20;1-21-11-5-3-2-4-10(11)14-17-12(22-18-14)8-19-13(20)6-9(15)7-16-19;1-22-10-5-3-2-4-8(10)12-16-11(23-18-12)7-19-6-9(15)13(20)17-14(19)21;1-22-10-5-3-2-4-8(10)12-17-11(23-18-12)7-19-13(20)9(15)6-16-14(19)21/h2-6H,7H2,1H3;2-7H,8H2,1H3;2-6H,7H2,1H3,(H,17,20,21);2-6H,7H2,1H3,(H,16,21). The number of benzene rings is 4. The van der Waals surface area contributed by atoms with Gasteiger partial charge in [0.1, 0.15) is 54.2 Å². The van der Waals surface area contributed by atoms with Crippen molar-refractivity contribution in [3.63, 3.8) is 0 Å². The minimum Gasteiger partial charge on any atom is -0.496 e. The number of hydrogen-bond donors (Lipinski definition) is 2. The molecule has 30 nitrogen and oxygen atoms in total. The predicted octanol–water partition coefficient (Wildman–Crippen LogP) is 6.23. The maximum atomic E-state index is 13.2. The summed E-state index contributed by atoms with van der Waals surface area (Å²) >= 11 is 17.2. The molecule has 8 aromatic heterocycles. The Labute approximate surface area is 521 Å². The lowest BCUT2D eigenvalue weighted by molar-refractivity contribution is 0.362. The van der Waals surface area contributed by atoms with Crippen LogP contribution in [0.2, 0.25) is 15.1 Å². The van der Waals surface area contributed by atoms with Gasteiger partial charge in [-0.3, -0.25) is 28.7 Å². The van der Waals surface area contributed by atoms with Crippen molar-refractivity contribution < 1.29 is 45.8 Å². The summed E-state index contributed by atoms with van der Waals surface area (Å²) in [7, 11) is 6.14. The first-order valence-corrected chi connectivity index (χ1v) is 27.0. The van der Waals surface area contributed by atoms with E-state index < -0.39 is 39.7 Å². The molecule has 8 heterocycles. The molecule has 12 aromatic rings. The number of halogens is 5. The van der Waals surface area contributed by atoms with E-state index in [1.165, 1.54) is 37.4 Å². The van der Waals surface area contributed by atoms with Gasteiger partial charge >= 0.3 is 11.4 Å². The van der Waals surface area contributed by atoms with Crippen molar-refractivity contribution in [1.82, 2.24) is 79.2 Å². The molecule has 0 saturated carbocycles. The Morgan fingerprint density at radius 1 is 0.495 bits per heavy atom. The normalized spacial score (nSPS) is 10.7. The lowest BCUT2D eigenvalue weighted by atomic mass is 10.2. The summed E-state index contributed by atoms with van der Waals surface area (Å²) in [5.74, 6) is 1.99. The van der Waals surface area contributed by atoms with E-state index in [1.807, 2.05) is 35.3 Å². The van der Waals surface area contributed by atoms with Gasteiger partial charge in [0, 0.05) is 12.3 Å². The van der Waals surface area contributed by atoms with Crippen molar-refractivity contribution in [2.75, 3.05) is 28.4 Å². The van der Waals surface area contributed by atoms with Crippen LogP contribution in [0.1, 0.15) is 23.6 Å². The molecule has 0 aliphatic rings. The molecule has 2 N–H and O–H groups in total. The second kappa shape index (κ2) is 29.5. The average molecular weight is 1310 g/mol. The van der Waals surface area contributed by atoms with E-state index in [0.717, 1.165) is 15.4 Å². The Morgan fingerprint density at radius 3 is 1.34 bits per heavy atom. The summed E-state index contributed by atoms with van der Waals surface area (Å²) in [5, 5.41) is 23.5. The van der Waals surface area contributed by atoms with Crippen LogP contribution in [0.3, 0.4) is 0 Å². The molecule has 466 valence electrons. The smallest absolute Gasteiger partial charge is 0.328 e. The molecule has 0 spiro atoms. The van der Waals surface area contributed by atoms with Crippen molar-refractivity contribution in [3.8, 4) is 68.5 Å². The van der Waals surface area contributed by atoms with Crippen molar-refractivity contribution in [2.45, 2.75) is 26.2 Å². The van der Waals surface area contributed by atoms with Crippen LogP contribution in [0.5, 0.6) is 23.0 Å². The van der Waals surface area contributed by atoms with Gasteiger partial charge in [-0.1, -0.05) is 104 Å². The number of ether oxygens (including phenoxy) is 4. The Bertz CT molecular complexity index is 4900. The van der Waals surface area contributed by atoms with Crippen LogP contribution >= 0.6 is 34.8 Å². The molecule has 0 aliphatic heterocycles. The Morgan fingerprint density at radius 2 is 0.901 bits per heavy atom. The van der Waals surface area contributed by atoms with Crippen LogP contribution in [0, 0.1) is 11.6 Å². The van der Waals surface area contributed by atoms with E-state index in [1.54, 1.807) is 80.9 Å². The van der Waals surface area contributed by atoms with Crippen molar-refractivity contribution >= 4 is 34.8 Å². The lowest BCUT2D eigenvalue weighted by Crippen LogP contribution is -2.36. The molecule has 91 heavy (non-hydrogen) atoms. The number of nitrogens with zero attached hydrogens (tertiary/aromatic N) is 14. The number of aromatic nitrogens is 16. The van der Waals surface area contributed by atoms with E-state index in [9.17, 15) is 37.5 Å². The summed E-state index contributed by atoms with van der Waals surface area (Å²) < 4.78 is 71.6. The zero-order valence-electron chi connectivity index (χ0n) is 47.3. The summed E-state index contributed by atoms with van der Waals surface area (Å²) in [6.07, 6.45) is 4.15. The molecular formula is C56H43Cl3F2N16O14. The van der Waals surface area contributed by atoms with Crippen molar-refractivity contribution in [3.05, 3.63) is 241 Å². The first-order valence-electron chi connectivity index (χ1n) is 25.9. The first kappa shape index (κ1) is 64.0. The van der Waals surface area contributed by atoms with Gasteiger partial charge in [-0.2, -0.15) is 38.9 Å². The monoisotopic (exact) mass is 1310 g/mol. The zero-order valence-corrected chi connectivity index (χ0v) is 49.6. The molecule has 35 heteroatoms. The minimum absolute atomic E-state index is 0.0101. The molecule has 12 rings (SSSR count). The molecule has 0 amide bonds. The van der Waals surface area contributed by atoms with Gasteiger partial charge in [0.05, 0.1) is 79.3 Å². The van der Waals surface area contributed by atoms with Gasteiger partial charge in [0.25, 0.3) is 22.2 Å². The largest absolute Gasteiger partial charge is 0.496 e. The van der Waals surface area contributed by atoms with Crippen LogP contribution in [0.15, 0.2) is 175 Å². The lowest BCUT2D eigenvalue weighted by Gasteiger charge is -2.03. The number of aromatic amines is 2. The molecule has 0 fully saturated rings. The topological polar surface area (TPSA) is 372 Å². The van der Waals surface area contributed by atoms with Gasteiger partial charge in [0.15, 0.2) is 0 Å². The van der Waals surface area contributed by atoms with Crippen LogP contribution in [0.25, 0.3) is 45.6 Å². The molecule has 0 radical (unpaired) electrons. The van der Waals surface area contributed by atoms with E-state index in [2.05, 4.69) is 55.7 Å². The Hall–Kier alpha value is -11.5. The third-order valence-electron chi connectivity index (χ3n) is 12.2. The minimum atomic E-state index is -1.08. The molecule has 0 atom stereocenters. The van der Waals surface area contributed by atoms with Gasteiger partial charge in [-0.05, 0) is 48.5 Å². The maximum absolute atomic E-state index is 13.2. The number of para-hydroxylation sites is 4. The number of H-pyrrole nitrogens is 2. The molecule has 0 saturated heterocycles. The van der Waals surface area contributed by atoms with Gasteiger partial charge in [0.2, 0.25) is 58.5 Å². The fourth-order valence-corrected chi connectivity index (χ4v) is 8.29. The zero-order chi connectivity index (χ0) is 64.7. The van der Waals surface area contributed by atoms with E-state index in [0.29, 0.717) is 67.7 Å². The van der Waals surface area contributed by atoms with Crippen LogP contribution in [-0.4, -0.2) is 108 Å². The number of rotatable bonds is 16.